The summed E-state index contributed by atoms with van der Waals surface area (Å²) in [5.41, 5.74) is 0.658. The Bertz CT molecular complexity index is 1800. The van der Waals surface area contributed by atoms with Gasteiger partial charge in [-0.25, -0.2) is 0 Å². The van der Waals surface area contributed by atoms with Crippen molar-refractivity contribution in [2.75, 3.05) is 14.2 Å². The average molecular weight is 602 g/mol. The molecule has 0 spiro atoms. The lowest BCUT2D eigenvalue weighted by Crippen LogP contribution is -2.28. The Morgan fingerprint density at radius 1 is 0.973 bits per heavy atom. The molecule has 0 N–H and O–H groups in total. The van der Waals surface area contributed by atoms with Crippen LogP contribution in [0.2, 0.25) is 10.0 Å². The van der Waals surface area contributed by atoms with E-state index in [0.29, 0.717) is 43.6 Å². The van der Waals surface area contributed by atoms with Crippen molar-refractivity contribution in [2.24, 2.45) is 0 Å². The quantitative estimate of drug-likeness (QED) is 0.207. The molecule has 0 atom stereocenters. The van der Waals surface area contributed by atoms with Gasteiger partial charge < -0.3 is 13.9 Å². The van der Waals surface area contributed by atoms with E-state index in [9.17, 15) is 9.59 Å². The molecule has 5 rings (SSSR count). The third-order valence-corrected chi connectivity index (χ3v) is 7.04. The number of hydrogen-bond acceptors (Lipinski definition) is 6. The summed E-state index contributed by atoms with van der Waals surface area (Å²) in [5.74, 6) is 1.43. The number of hydrogen-bond donors (Lipinski definition) is 0. The maximum absolute atomic E-state index is 13.8. The van der Waals surface area contributed by atoms with Crippen LogP contribution in [0.15, 0.2) is 73.1 Å². The van der Waals surface area contributed by atoms with Crippen LogP contribution in [0.25, 0.3) is 33.5 Å². The average Bonchev–Trinajstić information content (AvgIpc) is 2.88. The summed E-state index contributed by atoms with van der Waals surface area (Å²) in [5, 5.41) is 0.902. The van der Waals surface area contributed by atoms with Gasteiger partial charge in [0.1, 0.15) is 11.4 Å². The molecule has 0 fully saturated rings. The van der Waals surface area contributed by atoms with E-state index in [1.807, 2.05) is 12.1 Å². The van der Waals surface area contributed by atoms with E-state index in [-0.39, 0.29) is 28.9 Å². The van der Waals surface area contributed by atoms with Crippen LogP contribution < -0.4 is 20.5 Å². The number of methoxy groups -OCH3 is 2. The summed E-state index contributed by atoms with van der Waals surface area (Å²) in [4.78, 5) is 31.8. The van der Waals surface area contributed by atoms with Crippen molar-refractivity contribution in [2.45, 2.75) is 13.0 Å². The van der Waals surface area contributed by atoms with E-state index in [1.54, 1.807) is 56.7 Å². The molecule has 0 bridgehead atoms. The highest BCUT2D eigenvalue weighted by Gasteiger charge is 2.21. The van der Waals surface area contributed by atoms with Crippen molar-refractivity contribution in [1.29, 1.82) is 0 Å². The molecular formula is C27H19BrCl2N2O5. The number of rotatable bonds is 6. The molecule has 0 aliphatic carbocycles. The van der Waals surface area contributed by atoms with Crippen LogP contribution in [0.1, 0.15) is 5.56 Å². The predicted octanol–water partition coefficient (Wildman–Crippen LogP) is 6.50. The predicted molar refractivity (Wildman–Crippen MR) is 148 cm³/mol. The molecule has 0 radical (unpaired) electrons. The van der Waals surface area contributed by atoms with Gasteiger partial charge in [-0.2, -0.15) is 4.98 Å². The molecule has 0 aliphatic heterocycles. The Balaban J connectivity index is 1.73. The van der Waals surface area contributed by atoms with Crippen molar-refractivity contribution >= 4 is 61.2 Å². The molecule has 0 amide bonds. The van der Waals surface area contributed by atoms with E-state index in [4.69, 9.17) is 37.1 Å². The number of nitrogens with zero attached hydrogens (tertiary/aromatic N) is 2. The molecule has 0 aliphatic rings. The fraction of sp³-hybridized carbons (Fsp3) is 0.148. The zero-order valence-electron chi connectivity index (χ0n) is 19.7. The second-order valence-corrected chi connectivity index (χ2v) is 9.97. The van der Waals surface area contributed by atoms with Crippen molar-refractivity contribution in [1.82, 2.24) is 9.55 Å². The highest BCUT2D eigenvalue weighted by Crippen LogP contribution is 2.31. The number of fused-ring (bicyclic) bond motifs is 2. The number of aromatic nitrogens is 2. The molecule has 5 aromatic rings. The molecule has 37 heavy (non-hydrogen) atoms. The Kier molecular flexibility index (Phi) is 6.98. The molecule has 0 unspecified atom stereocenters. The number of aryl methyl sites for hydroxylation is 1. The fourth-order valence-electron chi connectivity index (χ4n) is 4.17. The smallest absolute Gasteiger partial charge is 0.269 e. The summed E-state index contributed by atoms with van der Waals surface area (Å²) in [6, 6.07) is 15.5. The maximum Gasteiger partial charge on any atom is 0.269 e. The van der Waals surface area contributed by atoms with E-state index < -0.39 is 11.0 Å². The van der Waals surface area contributed by atoms with E-state index in [2.05, 4.69) is 20.9 Å². The van der Waals surface area contributed by atoms with Crippen LogP contribution >= 0.6 is 39.1 Å². The number of ether oxygens (including phenoxy) is 2. The van der Waals surface area contributed by atoms with E-state index in [0.717, 1.165) is 5.56 Å². The minimum absolute atomic E-state index is 0.0618. The van der Waals surface area contributed by atoms with Crippen molar-refractivity contribution in [3.63, 3.8) is 0 Å². The largest absolute Gasteiger partial charge is 0.493 e. The topological polar surface area (TPSA) is 83.6 Å². The highest BCUT2D eigenvalue weighted by molar-refractivity contribution is 9.10. The zero-order chi connectivity index (χ0) is 26.3. The molecule has 10 heteroatoms. The van der Waals surface area contributed by atoms with Crippen LogP contribution in [0.5, 0.6) is 11.5 Å². The van der Waals surface area contributed by atoms with Gasteiger partial charge in [-0.3, -0.25) is 14.2 Å². The van der Waals surface area contributed by atoms with E-state index in [1.165, 1.54) is 4.57 Å². The summed E-state index contributed by atoms with van der Waals surface area (Å²) in [6.45, 7) is 0.210. The van der Waals surface area contributed by atoms with Gasteiger partial charge in [0, 0.05) is 21.6 Å². The lowest BCUT2D eigenvalue weighted by Gasteiger charge is -2.15. The van der Waals surface area contributed by atoms with Gasteiger partial charge >= 0.3 is 0 Å². The second kappa shape index (κ2) is 10.2. The Morgan fingerprint density at radius 2 is 1.76 bits per heavy atom. The van der Waals surface area contributed by atoms with Gasteiger partial charge in [-0.15, -0.1) is 0 Å². The number of benzene rings is 3. The summed E-state index contributed by atoms with van der Waals surface area (Å²) >= 11 is 16.0. The molecule has 2 heterocycles. The van der Waals surface area contributed by atoms with E-state index >= 15 is 0 Å². The van der Waals surface area contributed by atoms with Crippen LogP contribution in [-0.4, -0.2) is 23.8 Å². The summed E-state index contributed by atoms with van der Waals surface area (Å²) in [7, 11) is 3.12. The van der Waals surface area contributed by atoms with Gasteiger partial charge in [0.2, 0.25) is 11.1 Å². The third-order valence-electron chi connectivity index (χ3n) is 6.00. The van der Waals surface area contributed by atoms with Crippen LogP contribution in [0.3, 0.4) is 0 Å². The molecule has 3 aromatic carbocycles. The van der Waals surface area contributed by atoms with Gasteiger partial charge in [0.25, 0.3) is 5.56 Å². The first kappa shape index (κ1) is 25.3. The lowest BCUT2D eigenvalue weighted by molar-refractivity contribution is 0.354. The van der Waals surface area contributed by atoms with Gasteiger partial charge in [-0.05, 0) is 60.5 Å². The van der Waals surface area contributed by atoms with Crippen LogP contribution in [0, 0.1) is 0 Å². The molecule has 188 valence electrons. The van der Waals surface area contributed by atoms with Crippen molar-refractivity contribution in [3.8, 4) is 22.9 Å². The molecular weight excluding hydrogens is 583 g/mol. The molecule has 0 saturated carbocycles. The number of halogens is 3. The van der Waals surface area contributed by atoms with Gasteiger partial charge in [0.05, 0.1) is 24.6 Å². The Morgan fingerprint density at radius 3 is 2.49 bits per heavy atom. The summed E-state index contributed by atoms with van der Waals surface area (Å²) < 4.78 is 18.8. The van der Waals surface area contributed by atoms with Crippen LogP contribution in [0.4, 0.5) is 0 Å². The highest BCUT2D eigenvalue weighted by atomic mass is 79.9. The lowest BCUT2D eigenvalue weighted by atomic mass is 10.1. The Hall–Kier alpha value is -3.33. The normalized spacial score (nSPS) is 11.3. The monoisotopic (exact) mass is 600 g/mol. The minimum Gasteiger partial charge on any atom is -0.493 e. The molecule has 2 aromatic heterocycles. The fourth-order valence-corrected chi connectivity index (χ4v) is 5.03. The third kappa shape index (κ3) is 4.72. The first-order valence-electron chi connectivity index (χ1n) is 11.1. The first-order valence-corrected chi connectivity index (χ1v) is 12.7. The van der Waals surface area contributed by atoms with Crippen LogP contribution in [-0.2, 0) is 13.0 Å². The summed E-state index contributed by atoms with van der Waals surface area (Å²) in [6.07, 6.45) is 0.441. The molecule has 7 nitrogen and oxygen atoms in total. The Labute approximate surface area is 229 Å². The standard InChI is InChI=1S/C27H19BrCl2N2O5/c1-35-21-7-3-14(11-22(21)36-2)9-10-32-25(17-6-5-16(29)13-19(17)30)31-26-23(27(32)34)24(33)18-12-15(28)4-8-20(18)37-26/h3-8,11-13H,9-10H2,1-2H3. The SMILES string of the molecule is COc1ccc(CCn2c(-c3ccc(Cl)cc3Cl)nc3oc4ccc(Br)cc4c(=O)c3c2=O)cc1OC. The molecule has 0 saturated heterocycles. The zero-order valence-corrected chi connectivity index (χ0v) is 22.8. The van der Waals surface area contributed by atoms with Crippen molar-refractivity contribution < 1.29 is 13.9 Å². The second-order valence-electron chi connectivity index (χ2n) is 8.21. The van der Waals surface area contributed by atoms with Gasteiger partial charge in [-0.1, -0.05) is 45.2 Å². The van der Waals surface area contributed by atoms with Gasteiger partial charge in [0.15, 0.2) is 16.9 Å². The first-order chi connectivity index (χ1) is 17.8. The maximum atomic E-state index is 13.8. The minimum atomic E-state index is -0.526. The van der Waals surface area contributed by atoms with Crippen molar-refractivity contribution in [3.05, 3.63) is 95.3 Å².